The van der Waals surface area contributed by atoms with E-state index in [1.807, 2.05) is 59.7 Å². The number of carbonyl (C=O) groups is 2. The average Bonchev–Trinajstić information content (AvgIpc) is 3.38. The number of carbonyl (C=O) groups excluding carboxylic acids is 2. The van der Waals surface area contributed by atoms with Crippen LogP contribution in [0.4, 0.5) is 15.3 Å². The minimum absolute atomic E-state index is 0.0744. The predicted octanol–water partition coefficient (Wildman–Crippen LogP) is 8.29. The number of nitrogens with zero attached hydrogens (tertiary/aromatic N) is 2. The molecule has 0 spiro atoms. The summed E-state index contributed by atoms with van der Waals surface area (Å²) in [5.74, 6) is 1.75. The fraction of sp³-hybridized carbons (Fsp3) is 0.632. The van der Waals surface area contributed by atoms with Gasteiger partial charge in [0.05, 0.1) is 18.8 Å². The van der Waals surface area contributed by atoms with Gasteiger partial charge in [0.25, 0.3) is 0 Å². The molecule has 4 N–H and O–H groups in total. The smallest absolute Gasteiger partial charge is 0.455 e. The highest BCUT2D eigenvalue weighted by Crippen LogP contribution is 2.49. The summed E-state index contributed by atoms with van der Waals surface area (Å²) in [5.41, 5.74) is 10.3. The van der Waals surface area contributed by atoms with Crippen molar-refractivity contribution in [1.29, 1.82) is 0 Å². The lowest BCUT2D eigenvalue weighted by molar-refractivity contribution is -0.286. The van der Waals surface area contributed by atoms with Crippen molar-refractivity contribution in [3.63, 3.8) is 0 Å². The predicted molar refractivity (Wildman–Crippen MR) is 298 cm³/mol. The van der Waals surface area contributed by atoms with E-state index in [2.05, 4.69) is 32.2 Å². The molecule has 430 valence electrons. The minimum Gasteiger partial charge on any atom is -0.455 e. The van der Waals surface area contributed by atoms with Crippen LogP contribution in [-0.2, 0) is 71.5 Å². The Morgan fingerprint density at radius 2 is 1.18 bits per heavy atom. The molecule has 19 nitrogen and oxygen atoms in total. The maximum atomic E-state index is 13.2. The number of ether oxygens (including phenoxy) is 3. The molecule has 0 aromatic heterocycles. The first-order valence-corrected chi connectivity index (χ1v) is 32.8. The highest BCUT2D eigenvalue weighted by atomic mass is 28.4. The molecule has 8 rings (SSSR count). The fourth-order valence-electron chi connectivity index (χ4n) is 12.2. The van der Waals surface area contributed by atoms with Crippen molar-refractivity contribution in [2.24, 2.45) is 0 Å². The lowest BCUT2D eigenvalue weighted by Crippen LogP contribution is -2.46. The van der Waals surface area contributed by atoms with Crippen LogP contribution in [0.3, 0.4) is 0 Å². The third-order valence-electron chi connectivity index (χ3n) is 15.3. The van der Waals surface area contributed by atoms with E-state index in [9.17, 15) is 20.1 Å². The summed E-state index contributed by atoms with van der Waals surface area (Å²) >= 11 is 0. The van der Waals surface area contributed by atoms with Gasteiger partial charge in [0.1, 0.15) is 36.8 Å². The topological polar surface area (TPSA) is 206 Å². The first-order valence-electron chi connectivity index (χ1n) is 28.9. The van der Waals surface area contributed by atoms with E-state index in [0.29, 0.717) is 88.8 Å². The minimum atomic E-state index is -2.90. The molecule has 5 aliphatic rings. The standard InChI is InChI=1S/C57H84N4O15Si2/c1-7-68-77(69-8-2,70-9-3)35-17-27-58-56(62)66-33-25-49(75-64)40-23-24-43(46(37-40)50(76-65)26-34-67-57(63)59-28-18-36-78(71-10-4,72-11-5)73-12-6)51-47-38-41-19-13-29-60-31-15-21-44(52(41)60)54(47)74-55-45-22-16-32-61-30-14-20-42(53(45)61)39-48(51)55/h23-24,37-39,49-50H,7-22,25-36H2,1-6H3,(H3-,58,59,62,63,64,65)/p+1. The zero-order valence-corrected chi connectivity index (χ0v) is 48.9. The quantitative estimate of drug-likeness (QED) is 0.0123. The van der Waals surface area contributed by atoms with Gasteiger partial charge in [-0.05, 0) is 133 Å². The van der Waals surface area contributed by atoms with Crippen molar-refractivity contribution in [3.8, 4) is 11.5 Å². The number of benzene rings is 3. The summed E-state index contributed by atoms with van der Waals surface area (Å²) < 4.78 is 57.1. The molecule has 2 atom stereocenters. The summed E-state index contributed by atoms with van der Waals surface area (Å²) in [5, 5.41) is 29.5. The highest BCUT2D eigenvalue weighted by Gasteiger charge is 2.42. The number of amides is 2. The van der Waals surface area contributed by atoms with Gasteiger partial charge in [-0.1, -0.05) is 12.1 Å². The van der Waals surface area contributed by atoms with Crippen LogP contribution in [0.1, 0.15) is 150 Å². The summed E-state index contributed by atoms with van der Waals surface area (Å²) in [4.78, 5) is 39.3. The SMILES string of the molecule is CCO[Si](CCCNC(=O)OCCC(OO)c1ccc(C2=c3cc4c5c(c3Oc3c2cc2c6c3CCCN6CCC2)CCC[N+]=5CCC4)c(C(CCOC(=O)NCCC[Si](OCC)(OCC)OCC)OO)c1)(OCC)OCC. The molecule has 78 heavy (non-hydrogen) atoms. The van der Waals surface area contributed by atoms with Crippen LogP contribution in [-0.4, -0.2) is 132 Å². The van der Waals surface area contributed by atoms with E-state index in [4.69, 9.17) is 50.5 Å². The second-order valence-electron chi connectivity index (χ2n) is 20.3. The Hall–Kier alpha value is -4.50. The van der Waals surface area contributed by atoms with Crippen LogP contribution >= 0.6 is 0 Å². The molecule has 0 saturated heterocycles. The zero-order chi connectivity index (χ0) is 55.1. The Morgan fingerprint density at radius 3 is 1.76 bits per heavy atom. The highest BCUT2D eigenvalue weighted by molar-refractivity contribution is 6.61. The molecule has 0 saturated carbocycles. The van der Waals surface area contributed by atoms with Crippen molar-refractivity contribution in [2.75, 3.05) is 97.0 Å². The molecule has 2 amide bonds. The summed E-state index contributed by atoms with van der Waals surface area (Å²) in [6, 6.07) is 11.5. The normalized spacial score (nSPS) is 16.3. The van der Waals surface area contributed by atoms with Gasteiger partial charge < -0.3 is 56.3 Å². The largest absolute Gasteiger partial charge is 0.500 e. The summed E-state index contributed by atoms with van der Waals surface area (Å²) in [6.07, 6.45) is 5.96. The van der Waals surface area contributed by atoms with Crippen LogP contribution in [0, 0.1) is 0 Å². The zero-order valence-electron chi connectivity index (χ0n) is 46.9. The fourth-order valence-corrected chi connectivity index (χ4v) is 17.5. The number of fused-ring (bicyclic) bond motifs is 4. The number of anilines is 1. The molecule has 2 unspecified atom stereocenters. The van der Waals surface area contributed by atoms with E-state index >= 15 is 0 Å². The van der Waals surface area contributed by atoms with Crippen LogP contribution < -0.4 is 35.4 Å². The molecular formula is C57H85N4O15Si2+. The average molecular weight is 1120 g/mol. The number of hydrogen-bond acceptors (Lipinski definition) is 16. The van der Waals surface area contributed by atoms with Crippen molar-refractivity contribution >= 4 is 41.1 Å². The van der Waals surface area contributed by atoms with E-state index in [-0.39, 0.29) is 26.1 Å². The molecule has 0 bridgehead atoms. The summed E-state index contributed by atoms with van der Waals surface area (Å²) in [6.45, 7) is 18.7. The van der Waals surface area contributed by atoms with Gasteiger partial charge in [-0.3, -0.25) is 10.5 Å². The van der Waals surface area contributed by atoms with Crippen LogP contribution in [0.2, 0.25) is 12.1 Å². The van der Waals surface area contributed by atoms with Crippen LogP contribution in [0.25, 0.3) is 5.57 Å². The Morgan fingerprint density at radius 1 is 0.641 bits per heavy atom. The van der Waals surface area contributed by atoms with Crippen molar-refractivity contribution in [2.45, 2.75) is 143 Å². The second kappa shape index (κ2) is 28.8. The Bertz CT molecular complexity index is 2620. The molecule has 3 aromatic rings. The van der Waals surface area contributed by atoms with Gasteiger partial charge in [0.2, 0.25) is 5.36 Å². The first-order chi connectivity index (χ1) is 38.1. The van der Waals surface area contributed by atoms with E-state index < -0.39 is 42.0 Å². The molecule has 3 aromatic carbocycles. The number of nitrogens with one attached hydrogen (secondary N) is 2. The number of hydrogen-bond donors (Lipinski definition) is 4. The van der Waals surface area contributed by atoms with Gasteiger partial charge in [-0.25, -0.2) is 23.9 Å². The molecule has 0 radical (unpaired) electrons. The van der Waals surface area contributed by atoms with Crippen molar-refractivity contribution < 1.29 is 70.6 Å². The van der Waals surface area contributed by atoms with Gasteiger partial charge >= 0.3 is 29.8 Å². The maximum Gasteiger partial charge on any atom is 0.500 e. The number of alkyl carbamates (subject to hydrolysis) is 2. The maximum absolute atomic E-state index is 13.2. The number of aryl methyl sites for hydroxylation is 2. The van der Waals surface area contributed by atoms with Crippen LogP contribution in [0.5, 0.6) is 11.5 Å². The number of rotatable bonds is 31. The molecule has 5 heterocycles. The molecule has 21 heteroatoms. The van der Waals surface area contributed by atoms with Gasteiger partial charge in [-0.2, -0.15) is 0 Å². The molecule has 5 aliphatic heterocycles. The molecular weight excluding hydrogens is 1040 g/mol. The molecule has 0 fully saturated rings. The third kappa shape index (κ3) is 13.8. The second-order valence-corrected chi connectivity index (χ2v) is 25.7. The van der Waals surface area contributed by atoms with Gasteiger partial charge in [-0.15, -0.1) is 0 Å². The van der Waals surface area contributed by atoms with E-state index in [1.54, 1.807) is 0 Å². The third-order valence-corrected chi connectivity index (χ3v) is 21.6. The van der Waals surface area contributed by atoms with Crippen LogP contribution in [0.15, 0.2) is 30.3 Å². The molecule has 0 aliphatic carbocycles. The Kier molecular flexibility index (Phi) is 22.0. The van der Waals surface area contributed by atoms with E-state index in [1.165, 1.54) is 33.3 Å². The Labute approximate surface area is 462 Å². The van der Waals surface area contributed by atoms with E-state index in [0.717, 1.165) is 111 Å². The lowest BCUT2D eigenvalue weighted by atomic mass is 9.80. The van der Waals surface area contributed by atoms with Gasteiger partial charge in [0.15, 0.2) is 0 Å². The summed E-state index contributed by atoms with van der Waals surface area (Å²) in [7, 11) is -5.77. The lowest BCUT2D eigenvalue weighted by Gasteiger charge is -2.39. The van der Waals surface area contributed by atoms with Crippen molar-refractivity contribution in [3.05, 3.63) is 85.4 Å². The first kappa shape index (κ1) is 59.6. The van der Waals surface area contributed by atoms with Gasteiger partial charge in [0, 0.05) is 137 Å². The van der Waals surface area contributed by atoms with Crippen molar-refractivity contribution in [1.82, 2.24) is 15.2 Å². The monoisotopic (exact) mass is 1120 g/mol. The Balaban J connectivity index is 1.10.